The minimum Gasteiger partial charge on any atom is -0.497 e. The molecule has 1 heterocycles. The Morgan fingerprint density at radius 3 is 2.50 bits per heavy atom. The molecular formula is C24H35NO5. The van der Waals surface area contributed by atoms with Crippen LogP contribution in [-0.2, 0) is 20.8 Å². The van der Waals surface area contributed by atoms with Gasteiger partial charge in [-0.15, -0.1) is 6.58 Å². The summed E-state index contributed by atoms with van der Waals surface area (Å²) in [6.07, 6.45) is 5.63. The number of benzene rings is 1. The predicted octanol–water partition coefficient (Wildman–Crippen LogP) is 5.08. The molecule has 1 aliphatic rings. The molecule has 0 bridgehead atoms. The van der Waals surface area contributed by atoms with E-state index in [1.54, 1.807) is 18.1 Å². The number of hydrogen-bond donors (Lipinski definition) is 0. The summed E-state index contributed by atoms with van der Waals surface area (Å²) in [7, 11) is 1.65. The standard InChI is InChI=1S/C24H35NO5/c1-8-10-20-21(29-24(5,6)25(20)22(26)30-23(2,3)4)11-9-16-28-17-18-12-14-19(27-7)15-13-18/h8-9,11-15,20-21H,1,10,16-17H2,2-7H3. The molecule has 30 heavy (non-hydrogen) atoms. The molecule has 0 spiro atoms. The van der Waals surface area contributed by atoms with Crippen LogP contribution in [-0.4, -0.2) is 48.2 Å². The van der Waals surface area contributed by atoms with Crippen LogP contribution in [0, 0.1) is 0 Å². The second-order valence-corrected chi connectivity index (χ2v) is 8.76. The Morgan fingerprint density at radius 2 is 1.93 bits per heavy atom. The van der Waals surface area contributed by atoms with Crippen molar-refractivity contribution in [2.45, 2.75) is 71.1 Å². The molecule has 1 fully saturated rings. The van der Waals surface area contributed by atoms with E-state index in [-0.39, 0.29) is 18.2 Å². The highest BCUT2D eigenvalue weighted by molar-refractivity contribution is 5.70. The van der Waals surface area contributed by atoms with Gasteiger partial charge in [-0.3, -0.25) is 4.90 Å². The van der Waals surface area contributed by atoms with Crippen molar-refractivity contribution in [3.8, 4) is 5.75 Å². The highest BCUT2D eigenvalue weighted by Gasteiger charge is 2.49. The van der Waals surface area contributed by atoms with Gasteiger partial charge in [-0.1, -0.05) is 30.4 Å². The third kappa shape index (κ3) is 6.61. The Bertz CT molecular complexity index is 733. The molecule has 0 aromatic heterocycles. The molecule has 6 nitrogen and oxygen atoms in total. The van der Waals surface area contributed by atoms with Crippen LogP contribution in [0.5, 0.6) is 5.75 Å². The van der Waals surface area contributed by atoms with E-state index in [9.17, 15) is 4.79 Å². The number of nitrogens with zero attached hydrogens (tertiary/aromatic N) is 1. The fourth-order valence-corrected chi connectivity index (χ4v) is 3.42. The van der Waals surface area contributed by atoms with Crippen LogP contribution in [0.15, 0.2) is 49.1 Å². The second kappa shape index (κ2) is 10.1. The first kappa shape index (κ1) is 24.0. The lowest BCUT2D eigenvalue weighted by molar-refractivity contribution is -0.0715. The van der Waals surface area contributed by atoms with Gasteiger partial charge >= 0.3 is 6.09 Å². The Labute approximate surface area is 180 Å². The largest absolute Gasteiger partial charge is 0.497 e. The zero-order chi connectivity index (χ0) is 22.4. The van der Waals surface area contributed by atoms with Gasteiger partial charge in [-0.25, -0.2) is 4.79 Å². The van der Waals surface area contributed by atoms with E-state index in [1.807, 2.05) is 71.0 Å². The first-order valence-corrected chi connectivity index (χ1v) is 10.3. The van der Waals surface area contributed by atoms with Gasteiger partial charge in [-0.05, 0) is 58.7 Å². The number of carbonyl (C=O) groups is 1. The number of amides is 1. The van der Waals surface area contributed by atoms with E-state index in [0.717, 1.165) is 11.3 Å². The topological polar surface area (TPSA) is 57.2 Å². The molecule has 1 aromatic rings. The van der Waals surface area contributed by atoms with Crippen molar-refractivity contribution >= 4 is 6.09 Å². The van der Waals surface area contributed by atoms with Crippen LogP contribution in [0.4, 0.5) is 4.79 Å². The number of carbonyl (C=O) groups excluding carboxylic acids is 1. The Balaban J connectivity index is 1.97. The average molecular weight is 418 g/mol. The van der Waals surface area contributed by atoms with Crippen molar-refractivity contribution in [2.75, 3.05) is 13.7 Å². The second-order valence-electron chi connectivity index (χ2n) is 8.76. The molecule has 0 N–H and O–H groups in total. The zero-order valence-corrected chi connectivity index (χ0v) is 19.0. The van der Waals surface area contributed by atoms with Gasteiger partial charge in [0.1, 0.15) is 17.1 Å². The maximum Gasteiger partial charge on any atom is 0.412 e. The van der Waals surface area contributed by atoms with E-state index in [1.165, 1.54) is 0 Å². The SMILES string of the molecule is C=CCC1C(C=CCOCc2ccc(OC)cc2)OC(C)(C)N1C(=O)OC(C)(C)C. The van der Waals surface area contributed by atoms with Crippen molar-refractivity contribution in [2.24, 2.45) is 0 Å². The van der Waals surface area contributed by atoms with Gasteiger partial charge in [0, 0.05) is 0 Å². The highest BCUT2D eigenvalue weighted by atomic mass is 16.6. The molecule has 6 heteroatoms. The lowest BCUT2D eigenvalue weighted by Gasteiger charge is -2.34. The molecule has 1 saturated heterocycles. The fourth-order valence-electron chi connectivity index (χ4n) is 3.42. The van der Waals surface area contributed by atoms with Gasteiger partial charge in [0.2, 0.25) is 0 Å². The van der Waals surface area contributed by atoms with Crippen molar-refractivity contribution in [3.63, 3.8) is 0 Å². The van der Waals surface area contributed by atoms with Gasteiger partial charge in [-0.2, -0.15) is 0 Å². The Morgan fingerprint density at radius 1 is 1.27 bits per heavy atom. The first-order valence-electron chi connectivity index (χ1n) is 10.3. The number of ether oxygens (including phenoxy) is 4. The van der Waals surface area contributed by atoms with E-state index >= 15 is 0 Å². The monoisotopic (exact) mass is 417 g/mol. The number of methoxy groups -OCH3 is 1. The van der Waals surface area contributed by atoms with Gasteiger partial charge < -0.3 is 18.9 Å². The average Bonchev–Trinajstić information content (AvgIpc) is 2.90. The van der Waals surface area contributed by atoms with E-state index in [4.69, 9.17) is 18.9 Å². The maximum atomic E-state index is 12.8. The molecule has 166 valence electrons. The molecule has 2 atom stereocenters. The van der Waals surface area contributed by atoms with Crippen LogP contribution in [0.25, 0.3) is 0 Å². The summed E-state index contributed by atoms with van der Waals surface area (Å²) < 4.78 is 22.7. The maximum absolute atomic E-state index is 12.8. The summed E-state index contributed by atoms with van der Waals surface area (Å²) in [6.45, 7) is 14.1. The van der Waals surface area contributed by atoms with Gasteiger partial charge in [0.25, 0.3) is 0 Å². The summed E-state index contributed by atoms with van der Waals surface area (Å²) in [5, 5.41) is 0. The number of hydrogen-bond acceptors (Lipinski definition) is 5. The Kier molecular flexibility index (Phi) is 8.10. The van der Waals surface area contributed by atoms with Crippen LogP contribution >= 0.6 is 0 Å². The summed E-state index contributed by atoms with van der Waals surface area (Å²) >= 11 is 0. The first-order chi connectivity index (χ1) is 14.1. The molecule has 1 aliphatic heterocycles. The van der Waals surface area contributed by atoms with Gasteiger partial charge in [0.15, 0.2) is 0 Å². The summed E-state index contributed by atoms with van der Waals surface area (Å²) in [6, 6.07) is 7.58. The lowest BCUT2D eigenvalue weighted by Crippen LogP contribution is -2.50. The molecule has 1 aromatic carbocycles. The lowest BCUT2D eigenvalue weighted by atomic mass is 10.1. The number of rotatable bonds is 8. The summed E-state index contributed by atoms with van der Waals surface area (Å²) in [5.74, 6) is 0.822. The van der Waals surface area contributed by atoms with E-state index < -0.39 is 11.3 Å². The van der Waals surface area contributed by atoms with E-state index in [0.29, 0.717) is 19.6 Å². The van der Waals surface area contributed by atoms with Gasteiger partial charge in [0.05, 0.1) is 32.5 Å². The van der Waals surface area contributed by atoms with Crippen LogP contribution in [0.3, 0.4) is 0 Å². The van der Waals surface area contributed by atoms with Crippen molar-refractivity contribution in [3.05, 3.63) is 54.6 Å². The van der Waals surface area contributed by atoms with Crippen molar-refractivity contribution in [1.82, 2.24) is 4.90 Å². The normalized spacial score (nSPS) is 21.1. The summed E-state index contributed by atoms with van der Waals surface area (Å²) in [4.78, 5) is 14.5. The minimum atomic E-state index is -0.783. The summed E-state index contributed by atoms with van der Waals surface area (Å²) in [5.41, 5.74) is -0.285. The molecular weight excluding hydrogens is 382 g/mol. The molecule has 0 radical (unpaired) electrons. The molecule has 0 saturated carbocycles. The smallest absolute Gasteiger partial charge is 0.412 e. The highest BCUT2D eigenvalue weighted by Crippen LogP contribution is 2.36. The molecule has 2 rings (SSSR count). The zero-order valence-electron chi connectivity index (χ0n) is 19.0. The third-order valence-corrected chi connectivity index (χ3v) is 4.68. The molecule has 1 amide bonds. The third-order valence-electron chi connectivity index (χ3n) is 4.68. The van der Waals surface area contributed by atoms with Crippen LogP contribution in [0.2, 0.25) is 0 Å². The predicted molar refractivity (Wildman–Crippen MR) is 117 cm³/mol. The fraction of sp³-hybridized carbons (Fsp3) is 0.542. The quantitative estimate of drug-likeness (QED) is 0.436. The molecule has 2 unspecified atom stereocenters. The van der Waals surface area contributed by atoms with Crippen molar-refractivity contribution < 1.29 is 23.7 Å². The minimum absolute atomic E-state index is 0.190. The van der Waals surface area contributed by atoms with Crippen LogP contribution < -0.4 is 4.74 Å². The molecule has 0 aliphatic carbocycles. The Hall–Kier alpha value is -2.31. The van der Waals surface area contributed by atoms with Crippen molar-refractivity contribution in [1.29, 1.82) is 0 Å². The van der Waals surface area contributed by atoms with Crippen LogP contribution in [0.1, 0.15) is 46.6 Å². The van der Waals surface area contributed by atoms with E-state index in [2.05, 4.69) is 6.58 Å².